The van der Waals surface area contributed by atoms with E-state index in [1.54, 1.807) is 19.2 Å². The Kier molecular flexibility index (Phi) is 2.66. The smallest absolute Gasteiger partial charge is 0.354 e. The highest BCUT2D eigenvalue weighted by atomic mass is 16.5. The molecule has 1 aliphatic rings. The summed E-state index contributed by atoms with van der Waals surface area (Å²) in [5, 5.41) is 2.79. The first kappa shape index (κ1) is 7.78. The van der Waals surface area contributed by atoms with Crippen molar-refractivity contribution in [3.8, 4) is 0 Å². The number of nitrogens with one attached hydrogen (secondary N) is 1. The van der Waals surface area contributed by atoms with Crippen molar-refractivity contribution < 1.29 is 9.53 Å². The predicted octanol–water partition coefficient (Wildman–Crippen LogP) is 0.0649. The minimum atomic E-state index is -0.321. The summed E-state index contributed by atoms with van der Waals surface area (Å²) < 4.78 is 4.75. The molecule has 11 heavy (non-hydrogen) atoms. The quantitative estimate of drug-likeness (QED) is 0.572. The molecule has 0 atom stereocenters. The van der Waals surface area contributed by atoms with Crippen molar-refractivity contribution in [2.75, 3.05) is 13.3 Å². The Morgan fingerprint density at radius 1 is 1.91 bits per heavy atom. The lowest BCUT2D eigenvalue weighted by molar-refractivity contribution is -0.138. The Labute approximate surface area is 65.0 Å². The van der Waals surface area contributed by atoms with Gasteiger partial charge in [-0.2, -0.15) is 0 Å². The second-order valence-corrected chi connectivity index (χ2v) is 1.97. The number of nitrogens with zero attached hydrogens (tertiary/aromatic N) is 1. The van der Waals surface area contributed by atoms with Crippen LogP contribution in [0.4, 0.5) is 0 Å². The van der Waals surface area contributed by atoms with Crippen LogP contribution in [-0.4, -0.2) is 25.5 Å². The zero-order valence-electron chi connectivity index (χ0n) is 6.33. The molecule has 60 valence electrons. The van der Waals surface area contributed by atoms with E-state index in [0.29, 0.717) is 19.0 Å². The Balaban J connectivity index is 2.52. The largest absolute Gasteiger partial charge is 0.461 e. The van der Waals surface area contributed by atoms with E-state index in [2.05, 4.69) is 10.3 Å². The van der Waals surface area contributed by atoms with Crippen molar-refractivity contribution >= 4 is 12.2 Å². The van der Waals surface area contributed by atoms with Gasteiger partial charge in [-0.25, -0.2) is 4.79 Å². The summed E-state index contributed by atoms with van der Waals surface area (Å²) in [6.45, 7) is 2.62. The molecule has 1 rings (SSSR count). The maximum Gasteiger partial charge on any atom is 0.354 e. The van der Waals surface area contributed by atoms with Gasteiger partial charge in [0.15, 0.2) is 0 Å². The average molecular weight is 154 g/mol. The van der Waals surface area contributed by atoms with Gasteiger partial charge in [0.05, 0.1) is 6.61 Å². The van der Waals surface area contributed by atoms with Crippen molar-refractivity contribution in [2.24, 2.45) is 4.99 Å². The summed E-state index contributed by atoms with van der Waals surface area (Å²) in [5.41, 5.74) is 0.474. The molecule has 4 heteroatoms. The van der Waals surface area contributed by atoms with Crippen molar-refractivity contribution in [2.45, 2.75) is 6.92 Å². The van der Waals surface area contributed by atoms with Crippen LogP contribution in [-0.2, 0) is 9.53 Å². The third-order valence-electron chi connectivity index (χ3n) is 1.20. The fraction of sp³-hybridized carbons (Fsp3) is 0.429. The first-order valence-electron chi connectivity index (χ1n) is 3.45. The molecule has 0 aromatic heterocycles. The number of aliphatic imine (C=N–C) groups is 1. The molecule has 0 saturated carbocycles. The number of ether oxygens (including phenoxy) is 1. The molecule has 1 aliphatic heterocycles. The molecule has 0 saturated heterocycles. The molecule has 0 amide bonds. The maximum atomic E-state index is 11.0. The van der Waals surface area contributed by atoms with Crippen molar-refractivity contribution in [3.63, 3.8) is 0 Å². The topological polar surface area (TPSA) is 50.7 Å². The van der Waals surface area contributed by atoms with Crippen molar-refractivity contribution in [1.29, 1.82) is 0 Å². The van der Waals surface area contributed by atoms with Crippen LogP contribution >= 0.6 is 0 Å². The number of carbonyl (C=O) groups excluding carboxylic acids is 1. The van der Waals surface area contributed by atoms with Gasteiger partial charge in [0.1, 0.15) is 12.4 Å². The lowest BCUT2D eigenvalue weighted by atomic mass is 10.4. The molecule has 1 heterocycles. The van der Waals surface area contributed by atoms with Crippen LogP contribution in [0.5, 0.6) is 0 Å². The summed E-state index contributed by atoms with van der Waals surface area (Å²) in [4.78, 5) is 14.8. The van der Waals surface area contributed by atoms with Gasteiger partial charge in [0, 0.05) is 6.21 Å². The van der Waals surface area contributed by atoms with E-state index in [-0.39, 0.29) is 5.97 Å². The standard InChI is InChI=1S/C7H10N2O2/c1-2-11-7(10)6-3-4-8-5-9-6/h3-4,9H,2,5H2,1H3. The highest BCUT2D eigenvalue weighted by Crippen LogP contribution is 1.95. The van der Waals surface area contributed by atoms with E-state index < -0.39 is 0 Å². The SMILES string of the molecule is CCOC(=O)C1=CC=NCN1. The van der Waals surface area contributed by atoms with Crippen LogP contribution in [0.2, 0.25) is 0 Å². The van der Waals surface area contributed by atoms with Gasteiger partial charge in [-0.15, -0.1) is 0 Å². The Hall–Kier alpha value is -1.32. The van der Waals surface area contributed by atoms with Gasteiger partial charge in [-0.3, -0.25) is 4.99 Å². The molecule has 0 unspecified atom stereocenters. The summed E-state index contributed by atoms with van der Waals surface area (Å²) in [6, 6.07) is 0. The predicted molar refractivity (Wildman–Crippen MR) is 41.2 cm³/mol. The van der Waals surface area contributed by atoms with Crippen LogP contribution in [0, 0.1) is 0 Å². The molecule has 0 fully saturated rings. The summed E-state index contributed by atoms with van der Waals surface area (Å²) in [5.74, 6) is -0.321. The zero-order chi connectivity index (χ0) is 8.10. The average Bonchev–Trinajstić information content (AvgIpc) is 2.07. The fourth-order valence-electron chi connectivity index (χ4n) is 0.719. The molecule has 0 radical (unpaired) electrons. The minimum absolute atomic E-state index is 0.321. The first-order valence-corrected chi connectivity index (χ1v) is 3.45. The Bertz CT molecular complexity index is 208. The second kappa shape index (κ2) is 3.75. The van der Waals surface area contributed by atoms with E-state index in [4.69, 9.17) is 4.74 Å². The number of hydrogen-bond donors (Lipinski definition) is 1. The minimum Gasteiger partial charge on any atom is -0.461 e. The number of hydrogen-bond acceptors (Lipinski definition) is 4. The summed E-state index contributed by atoms with van der Waals surface area (Å²) >= 11 is 0. The lowest BCUT2D eigenvalue weighted by Crippen LogP contribution is -2.24. The van der Waals surface area contributed by atoms with Crippen LogP contribution < -0.4 is 5.32 Å². The maximum absolute atomic E-state index is 11.0. The molecular weight excluding hydrogens is 144 g/mol. The number of allylic oxidation sites excluding steroid dienone is 1. The third kappa shape index (κ3) is 2.07. The highest BCUT2D eigenvalue weighted by Gasteiger charge is 2.09. The van der Waals surface area contributed by atoms with Crippen molar-refractivity contribution in [1.82, 2.24) is 5.32 Å². The normalized spacial score (nSPS) is 15.2. The Morgan fingerprint density at radius 3 is 3.27 bits per heavy atom. The molecule has 0 aromatic carbocycles. The number of carbonyl (C=O) groups is 1. The molecule has 0 bridgehead atoms. The molecule has 4 nitrogen and oxygen atoms in total. The van der Waals surface area contributed by atoms with E-state index in [0.717, 1.165) is 0 Å². The van der Waals surface area contributed by atoms with Gasteiger partial charge in [-0.05, 0) is 13.0 Å². The van der Waals surface area contributed by atoms with E-state index in [1.807, 2.05) is 0 Å². The highest BCUT2D eigenvalue weighted by molar-refractivity contribution is 5.93. The second-order valence-electron chi connectivity index (χ2n) is 1.97. The molecule has 0 aliphatic carbocycles. The van der Waals surface area contributed by atoms with Gasteiger partial charge >= 0.3 is 5.97 Å². The van der Waals surface area contributed by atoms with Gasteiger partial charge in [0.2, 0.25) is 0 Å². The molecule has 0 spiro atoms. The van der Waals surface area contributed by atoms with E-state index in [9.17, 15) is 4.79 Å². The third-order valence-corrected chi connectivity index (χ3v) is 1.20. The summed E-state index contributed by atoms with van der Waals surface area (Å²) in [7, 11) is 0. The number of esters is 1. The van der Waals surface area contributed by atoms with E-state index >= 15 is 0 Å². The van der Waals surface area contributed by atoms with E-state index in [1.165, 1.54) is 0 Å². The molecule has 1 N–H and O–H groups in total. The van der Waals surface area contributed by atoms with Crippen LogP contribution in [0.15, 0.2) is 16.8 Å². The van der Waals surface area contributed by atoms with Gasteiger partial charge in [0.25, 0.3) is 0 Å². The Morgan fingerprint density at radius 2 is 2.73 bits per heavy atom. The van der Waals surface area contributed by atoms with Crippen molar-refractivity contribution in [3.05, 3.63) is 11.8 Å². The van der Waals surface area contributed by atoms with Gasteiger partial charge < -0.3 is 10.1 Å². The molecule has 0 aromatic rings. The van der Waals surface area contributed by atoms with Crippen LogP contribution in [0.1, 0.15) is 6.92 Å². The van der Waals surface area contributed by atoms with Gasteiger partial charge in [-0.1, -0.05) is 0 Å². The van der Waals surface area contributed by atoms with Crippen LogP contribution in [0.3, 0.4) is 0 Å². The number of rotatable bonds is 2. The lowest BCUT2D eigenvalue weighted by Gasteiger charge is -2.09. The zero-order valence-corrected chi connectivity index (χ0v) is 6.33. The summed E-state index contributed by atoms with van der Waals surface area (Å²) in [6.07, 6.45) is 3.18. The monoisotopic (exact) mass is 154 g/mol. The van der Waals surface area contributed by atoms with Crippen LogP contribution in [0.25, 0.3) is 0 Å². The first-order chi connectivity index (χ1) is 5.34. The fourth-order valence-corrected chi connectivity index (χ4v) is 0.719. The molecular formula is C7H10N2O2.